The third-order valence-corrected chi connectivity index (χ3v) is 2.64. The highest BCUT2D eigenvalue weighted by Crippen LogP contribution is 2.24. The average molecular weight is 189 g/mol. The minimum absolute atomic E-state index is 0.205. The quantitative estimate of drug-likeness (QED) is 0.519. The number of aliphatic hydroxyl groups is 2. The van der Waals surface area contributed by atoms with Crippen LogP contribution in [-0.2, 0) is 4.74 Å². The molecule has 1 aliphatic heterocycles. The van der Waals surface area contributed by atoms with E-state index in [0.717, 1.165) is 0 Å². The van der Waals surface area contributed by atoms with Gasteiger partial charge in [-0.15, -0.1) is 0 Å². The van der Waals surface area contributed by atoms with Crippen LogP contribution in [0.5, 0.6) is 0 Å². The van der Waals surface area contributed by atoms with Crippen molar-refractivity contribution < 1.29 is 14.9 Å². The molecule has 1 aliphatic rings. The van der Waals surface area contributed by atoms with Crippen molar-refractivity contribution >= 4 is 0 Å². The molecular formula is C9H19NO3. The Balaban J connectivity index is 2.70. The molecule has 4 heteroatoms. The fraction of sp³-hybridized carbons (Fsp3) is 1.00. The van der Waals surface area contributed by atoms with E-state index in [9.17, 15) is 10.2 Å². The number of hydrogen-bond donors (Lipinski definition) is 3. The summed E-state index contributed by atoms with van der Waals surface area (Å²) in [5.74, 6) is 0.205. The molecule has 0 aromatic rings. The Kier molecular flexibility index (Phi) is 3.29. The van der Waals surface area contributed by atoms with E-state index in [0.29, 0.717) is 0 Å². The van der Waals surface area contributed by atoms with E-state index in [1.165, 1.54) is 0 Å². The molecule has 0 aromatic carbocycles. The second-order valence-corrected chi connectivity index (χ2v) is 4.11. The Morgan fingerprint density at radius 2 is 1.77 bits per heavy atom. The first-order valence-corrected chi connectivity index (χ1v) is 4.72. The van der Waals surface area contributed by atoms with Gasteiger partial charge in [0.2, 0.25) is 0 Å². The molecule has 0 bridgehead atoms. The molecule has 0 saturated carbocycles. The van der Waals surface area contributed by atoms with Gasteiger partial charge in [-0.25, -0.2) is 0 Å². The van der Waals surface area contributed by atoms with E-state index in [1.807, 2.05) is 13.8 Å². The smallest absolute Gasteiger partial charge is 0.0981 e. The molecule has 1 fully saturated rings. The number of rotatable bonds is 1. The highest BCUT2D eigenvalue weighted by Gasteiger charge is 2.41. The van der Waals surface area contributed by atoms with Crippen LogP contribution in [0.1, 0.15) is 20.8 Å². The maximum atomic E-state index is 9.69. The maximum absolute atomic E-state index is 9.69. The minimum atomic E-state index is -0.773. The van der Waals surface area contributed by atoms with E-state index in [1.54, 1.807) is 6.92 Å². The third-order valence-electron chi connectivity index (χ3n) is 2.64. The van der Waals surface area contributed by atoms with Crippen molar-refractivity contribution in [2.75, 3.05) is 0 Å². The Hall–Kier alpha value is -0.160. The second kappa shape index (κ2) is 3.92. The first-order chi connectivity index (χ1) is 5.95. The molecule has 0 aromatic heterocycles. The van der Waals surface area contributed by atoms with Gasteiger partial charge in [0.15, 0.2) is 0 Å². The zero-order valence-electron chi connectivity index (χ0n) is 8.34. The van der Waals surface area contributed by atoms with Gasteiger partial charge in [-0.05, 0) is 12.8 Å². The lowest BCUT2D eigenvalue weighted by molar-refractivity contribution is -0.184. The van der Waals surface area contributed by atoms with Crippen molar-refractivity contribution in [2.24, 2.45) is 11.7 Å². The second-order valence-electron chi connectivity index (χ2n) is 4.11. The molecule has 0 radical (unpaired) electrons. The van der Waals surface area contributed by atoms with Gasteiger partial charge in [0.1, 0.15) is 0 Å². The number of hydrogen-bond acceptors (Lipinski definition) is 4. The highest BCUT2D eigenvalue weighted by molar-refractivity contribution is 4.94. The van der Waals surface area contributed by atoms with Gasteiger partial charge in [0.05, 0.1) is 30.5 Å². The zero-order chi connectivity index (χ0) is 10.2. The topological polar surface area (TPSA) is 75.7 Å². The SMILES string of the molecule is CC(C)[C@@H]1OC(C)[C@H](O)[C@H](N)C1O. The normalized spacial score (nSPS) is 46.8. The van der Waals surface area contributed by atoms with E-state index in [-0.39, 0.29) is 18.1 Å². The molecule has 1 rings (SSSR count). The van der Waals surface area contributed by atoms with Gasteiger partial charge < -0.3 is 20.7 Å². The number of ether oxygens (including phenoxy) is 1. The summed E-state index contributed by atoms with van der Waals surface area (Å²) in [6, 6.07) is -0.601. The first kappa shape index (κ1) is 10.9. The van der Waals surface area contributed by atoms with Crippen LogP contribution in [0.25, 0.3) is 0 Å². The van der Waals surface area contributed by atoms with Crippen molar-refractivity contribution in [3.05, 3.63) is 0 Å². The molecule has 1 saturated heterocycles. The number of aliphatic hydroxyl groups excluding tert-OH is 2. The molecule has 1 heterocycles. The van der Waals surface area contributed by atoms with Crippen molar-refractivity contribution in [1.29, 1.82) is 0 Å². The maximum Gasteiger partial charge on any atom is 0.0981 e. The fourth-order valence-corrected chi connectivity index (χ4v) is 1.69. The van der Waals surface area contributed by atoms with Gasteiger partial charge in [-0.1, -0.05) is 13.8 Å². The minimum Gasteiger partial charge on any atom is -0.389 e. The van der Waals surface area contributed by atoms with Crippen LogP contribution in [-0.4, -0.2) is 40.7 Å². The average Bonchev–Trinajstić information content (AvgIpc) is 2.07. The van der Waals surface area contributed by atoms with E-state index in [4.69, 9.17) is 10.5 Å². The largest absolute Gasteiger partial charge is 0.389 e. The Bertz CT molecular complexity index is 174. The standard InChI is InChI=1S/C9H19NO3/c1-4(2)9-8(12)6(10)7(11)5(3)13-9/h4-9,11-12H,10H2,1-3H3/t5?,6-,7-,8?,9-/m0/s1. The summed E-state index contributed by atoms with van der Waals surface area (Å²) in [5.41, 5.74) is 5.66. The van der Waals surface area contributed by atoms with E-state index in [2.05, 4.69) is 0 Å². The van der Waals surface area contributed by atoms with E-state index < -0.39 is 18.2 Å². The lowest BCUT2D eigenvalue weighted by Gasteiger charge is -2.41. The van der Waals surface area contributed by atoms with Gasteiger partial charge in [-0.2, -0.15) is 0 Å². The van der Waals surface area contributed by atoms with Crippen LogP contribution in [0.4, 0.5) is 0 Å². The lowest BCUT2D eigenvalue weighted by Crippen LogP contribution is -2.61. The molecule has 0 amide bonds. The molecular weight excluding hydrogens is 170 g/mol. The molecule has 13 heavy (non-hydrogen) atoms. The van der Waals surface area contributed by atoms with Gasteiger partial charge in [0, 0.05) is 0 Å². The van der Waals surface area contributed by atoms with Crippen LogP contribution < -0.4 is 5.73 Å². The zero-order valence-corrected chi connectivity index (χ0v) is 8.34. The summed E-state index contributed by atoms with van der Waals surface area (Å²) in [4.78, 5) is 0. The molecule has 4 N–H and O–H groups in total. The highest BCUT2D eigenvalue weighted by atomic mass is 16.5. The summed E-state index contributed by atoms with van der Waals surface area (Å²) < 4.78 is 5.46. The molecule has 78 valence electrons. The molecule has 0 aliphatic carbocycles. The summed E-state index contributed by atoms with van der Waals surface area (Å²) in [7, 11) is 0. The monoisotopic (exact) mass is 189 g/mol. The Morgan fingerprint density at radius 1 is 1.23 bits per heavy atom. The fourth-order valence-electron chi connectivity index (χ4n) is 1.69. The van der Waals surface area contributed by atoms with Crippen molar-refractivity contribution in [2.45, 2.75) is 51.2 Å². The summed E-state index contributed by atoms with van der Waals surface area (Å²) in [6.45, 7) is 5.70. The van der Waals surface area contributed by atoms with Crippen LogP contribution in [0, 0.1) is 5.92 Å². The Labute approximate surface area is 78.7 Å². The van der Waals surface area contributed by atoms with Gasteiger partial charge >= 0.3 is 0 Å². The summed E-state index contributed by atoms with van der Waals surface area (Å²) in [5, 5.41) is 19.2. The lowest BCUT2D eigenvalue weighted by atomic mass is 9.88. The number of nitrogens with two attached hydrogens (primary N) is 1. The molecule has 4 nitrogen and oxygen atoms in total. The van der Waals surface area contributed by atoms with Crippen molar-refractivity contribution in [1.82, 2.24) is 0 Å². The van der Waals surface area contributed by atoms with Crippen molar-refractivity contribution in [3.63, 3.8) is 0 Å². The van der Waals surface area contributed by atoms with Crippen LogP contribution in [0.3, 0.4) is 0 Å². The summed E-state index contributed by atoms with van der Waals surface area (Å²) in [6.07, 6.45) is -2.12. The van der Waals surface area contributed by atoms with Crippen molar-refractivity contribution in [3.8, 4) is 0 Å². The van der Waals surface area contributed by atoms with E-state index >= 15 is 0 Å². The molecule has 2 unspecified atom stereocenters. The molecule has 0 spiro atoms. The third kappa shape index (κ3) is 2.02. The van der Waals surface area contributed by atoms with Crippen LogP contribution in [0.2, 0.25) is 0 Å². The predicted octanol–water partition coefficient (Wildman–Crippen LogP) is -0.521. The van der Waals surface area contributed by atoms with Gasteiger partial charge in [-0.3, -0.25) is 0 Å². The first-order valence-electron chi connectivity index (χ1n) is 4.72. The predicted molar refractivity (Wildman–Crippen MR) is 49.2 cm³/mol. The van der Waals surface area contributed by atoms with Gasteiger partial charge in [0.25, 0.3) is 0 Å². The Morgan fingerprint density at radius 3 is 2.23 bits per heavy atom. The van der Waals surface area contributed by atoms with Crippen LogP contribution >= 0.6 is 0 Å². The summed E-state index contributed by atoms with van der Waals surface area (Å²) >= 11 is 0. The van der Waals surface area contributed by atoms with Crippen LogP contribution in [0.15, 0.2) is 0 Å². The molecule has 5 atom stereocenters.